The number of nitrogens with zero attached hydrogens (tertiary/aromatic N) is 1. The smallest absolute Gasteiger partial charge is 0.267 e. The summed E-state index contributed by atoms with van der Waals surface area (Å²) in [6.45, 7) is 0.930. The maximum Gasteiger partial charge on any atom is 0.267 e. The fourth-order valence-corrected chi connectivity index (χ4v) is 5.47. The van der Waals surface area contributed by atoms with Crippen molar-refractivity contribution in [2.24, 2.45) is 0 Å². The molecule has 128 valence electrons. The van der Waals surface area contributed by atoms with Crippen LogP contribution in [0.5, 0.6) is 0 Å². The molecule has 2 aromatic rings. The molecule has 1 aromatic heterocycles. The van der Waals surface area contributed by atoms with Crippen molar-refractivity contribution >= 4 is 33.0 Å². The van der Waals surface area contributed by atoms with Crippen LogP contribution < -0.4 is 5.32 Å². The van der Waals surface area contributed by atoms with Crippen molar-refractivity contribution in [3.05, 3.63) is 46.4 Å². The highest BCUT2D eigenvalue weighted by Crippen LogP contribution is 2.28. The number of rotatable bonds is 4. The number of nitrogens with one attached hydrogen (secondary N) is 1. The number of carbonyl (C=O) groups excluding carboxylic acids is 1. The molecule has 1 aliphatic rings. The third-order valence-corrected chi connectivity index (χ3v) is 6.87. The molecule has 0 radical (unpaired) electrons. The Morgan fingerprint density at radius 3 is 2.54 bits per heavy atom. The highest BCUT2D eigenvalue weighted by Gasteiger charge is 2.31. The Bertz CT molecular complexity index is 843. The molecule has 5 nitrogen and oxygen atoms in total. The summed E-state index contributed by atoms with van der Waals surface area (Å²) >= 11 is 1.03. The Labute approximate surface area is 144 Å². The van der Waals surface area contributed by atoms with Gasteiger partial charge in [0.15, 0.2) is 0 Å². The molecule has 0 bridgehead atoms. The fourth-order valence-electron chi connectivity index (χ4n) is 2.65. The number of halogens is 1. The zero-order chi connectivity index (χ0) is 17.2. The predicted molar refractivity (Wildman–Crippen MR) is 91.3 cm³/mol. The molecule has 0 aliphatic carbocycles. The van der Waals surface area contributed by atoms with Gasteiger partial charge in [0.25, 0.3) is 5.91 Å². The number of hydrogen-bond acceptors (Lipinski definition) is 4. The average molecular weight is 368 g/mol. The van der Waals surface area contributed by atoms with Crippen molar-refractivity contribution in [3.8, 4) is 0 Å². The minimum atomic E-state index is -3.71. The molecule has 24 heavy (non-hydrogen) atoms. The number of hydrogen-bond donors (Lipinski definition) is 1. The van der Waals surface area contributed by atoms with Crippen molar-refractivity contribution in [1.29, 1.82) is 0 Å². The Morgan fingerprint density at radius 1 is 1.12 bits per heavy atom. The maximum atomic E-state index is 13.7. The first-order valence-electron chi connectivity index (χ1n) is 7.63. The molecule has 0 spiro atoms. The van der Waals surface area contributed by atoms with Crippen molar-refractivity contribution in [2.45, 2.75) is 24.2 Å². The minimum Gasteiger partial charge on any atom is -0.319 e. The molecule has 8 heteroatoms. The van der Waals surface area contributed by atoms with Crippen LogP contribution in [0, 0.1) is 5.82 Å². The van der Waals surface area contributed by atoms with Gasteiger partial charge in [0.05, 0.1) is 5.69 Å². The van der Waals surface area contributed by atoms with Crippen LogP contribution in [-0.4, -0.2) is 31.7 Å². The van der Waals surface area contributed by atoms with Gasteiger partial charge in [0.1, 0.15) is 15.6 Å². The molecule has 1 aromatic carbocycles. The Hall–Kier alpha value is -1.77. The minimum absolute atomic E-state index is 0.0109. The first kappa shape index (κ1) is 17.1. The van der Waals surface area contributed by atoms with Crippen LogP contribution in [0.2, 0.25) is 0 Å². The molecule has 0 unspecified atom stereocenters. The normalized spacial score (nSPS) is 16.0. The van der Waals surface area contributed by atoms with Gasteiger partial charge in [-0.3, -0.25) is 4.79 Å². The van der Waals surface area contributed by atoms with E-state index in [-0.39, 0.29) is 15.5 Å². The maximum absolute atomic E-state index is 13.7. The van der Waals surface area contributed by atoms with Crippen molar-refractivity contribution in [1.82, 2.24) is 4.31 Å². The molecule has 1 fully saturated rings. The van der Waals surface area contributed by atoms with Gasteiger partial charge in [0, 0.05) is 13.1 Å². The van der Waals surface area contributed by atoms with E-state index < -0.39 is 21.7 Å². The Balaban J connectivity index is 1.87. The van der Waals surface area contributed by atoms with Crippen molar-refractivity contribution in [3.63, 3.8) is 0 Å². The lowest BCUT2D eigenvalue weighted by molar-refractivity contribution is 0.102. The average Bonchev–Trinajstić information content (AvgIpc) is 3.08. The second kappa shape index (κ2) is 7.00. The highest BCUT2D eigenvalue weighted by atomic mass is 32.2. The number of piperidine rings is 1. The third kappa shape index (κ3) is 3.35. The van der Waals surface area contributed by atoms with Crippen LogP contribution in [0.1, 0.15) is 28.9 Å². The lowest BCUT2D eigenvalue weighted by atomic mass is 10.2. The van der Waals surface area contributed by atoms with Gasteiger partial charge >= 0.3 is 0 Å². The van der Waals surface area contributed by atoms with E-state index in [0.29, 0.717) is 13.1 Å². The van der Waals surface area contributed by atoms with Gasteiger partial charge in [0.2, 0.25) is 10.0 Å². The van der Waals surface area contributed by atoms with E-state index in [9.17, 15) is 17.6 Å². The van der Waals surface area contributed by atoms with Gasteiger partial charge in [-0.1, -0.05) is 18.6 Å². The second-order valence-electron chi connectivity index (χ2n) is 5.51. The molecule has 0 saturated carbocycles. The lowest BCUT2D eigenvalue weighted by Crippen LogP contribution is -2.36. The van der Waals surface area contributed by atoms with Crippen molar-refractivity contribution < 1.29 is 17.6 Å². The van der Waals surface area contributed by atoms with E-state index in [0.717, 1.165) is 30.6 Å². The summed E-state index contributed by atoms with van der Waals surface area (Å²) in [5, 5.41) is 4.00. The van der Waals surface area contributed by atoms with E-state index in [4.69, 9.17) is 0 Å². The summed E-state index contributed by atoms with van der Waals surface area (Å²) in [6, 6.07) is 7.21. The van der Waals surface area contributed by atoms with Gasteiger partial charge in [-0.2, -0.15) is 4.31 Å². The van der Waals surface area contributed by atoms with Crippen LogP contribution in [0.25, 0.3) is 0 Å². The highest BCUT2D eigenvalue weighted by molar-refractivity contribution is 7.89. The number of carbonyl (C=O) groups is 1. The molecular weight excluding hydrogens is 351 g/mol. The summed E-state index contributed by atoms with van der Waals surface area (Å²) in [4.78, 5) is 12.5. The van der Waals surface area contributed by atoms with Gasteiger partial charge in [-0.05, 0) is 36.4 Å². The first-order chi connectivity index (χ1) is 11.5. The van der Waals surface area contributed by atoms with Crippen LogP contribution in [0.3, 0.4) is 0 Å². The Morgan fingerprint density at radius 2 is 1.83 bits per heavy atom. The lowest BCUT2D eigenvalue weighted by Gasteiger charge is -2.25. The van der Waals surface area contributed by atoms with Crippen LogP contribution in [0.4, 0.5) is 10.1 Å². The van der Waals surface area contributed by atoms with E-state index in [1.165, 1.54) is 28.6 Å². The first-order valence-corrected chi connectivity index (χ1v) is 9.95. The number of para-hydroxylation sites is 1. The van der Waals surface area contributed by atoms with Gasteiger partial charge in [-0.25, -0.2) is 12.8 Å². The molecule has 3 rings (SSSR count). The van der Waals surface area contributed by atoms with Gasteiger partial charge < -0.3 is 5.32 Å². The monoisotopic (exact) mass is 368 g/mol. The predicted octanol–water partition coefficient (Wildman–Crippen LogP) is 3.31. The van der Waals surface area contributed by atoms with E-state index in [1.807, 2.05) is 0 Å². The molecule has 1 aliphatic heterocycles. The van der Waals surface area contributed by atoms with Crippen molar-refractivity contribution in [2.75, 3.05) is 18.4 Å². The van der Waals surface area contributed by atoms with Crippen LogP contribution in [-0.2, 0) is 10.0 Å². The molecule has 2 heterocycles. The molecule has 1 amide bonds. The standard InChI is InChI=1S/C16H17FN2O3S2/c17-12-6-2-3-7-13(12)18-16(20)15-14(8-11-23-15)24(21,22)19-9-4-1-5-10-19/h2-3,6-8,11H,1,4-5,9-10H2,(H,18,20). The number of benzene rings is 1. The summed E-state index contributed by atoms with van der Waals surface area (Å²) in [5.74, 6) is -1.19. The Kier molecular flexibility index (Phi) is 4.98. The van der Waals surface area contributed by atoms with Crippen LogP contribution in [0.15, 0.2) is 40.6 Å². The topological polar surface area (TPSA) is 66.5 Å². The number of amides is 1. The zero-order valence-corrected chi connectivity index (χ0v) is 14.5. The van der Waals surface area contributed by atoms with Crippen LogP contribution >= 0.6 is 11.3 Å². The SMILES string of the molecule is O=C(Nc1ccccc1F)c1sccc1S(=O)(=O)N1CCCCC1. The fraction of sp³-hybridized carbons (Fsp3) is 0.312. The number of anilines is 1. The molecule has 0 atom stereocenters. The summed E-state index contributed by atoms with van der Waals surface area (Å²) in [5.41, 5.74) is 0.0252. The molecular formula is C16H17FN2O3S2. The number of sulfonamides is 1. The van der Waals surface area contributed by atoms with E-state index >= 15 is 0 Å². The molecule has 1 N–H and O–H groups in total. The van der Waals surface area contributed by atoms with Gasteiger partial charge in [-0.15, -0.1) is 11.3 Å². The second-order valence-corrected chi connectivity index (χ2v) is 8.34. The van der Waals surface area contributed by atoms with E-state index in [1.54, 1.807) is 11.4 Å². The summed E-state index contributed by atoms with van der Waals surface area (Å²) < 4.78 is 40.6. The quantitative estimate of drug-likeness (QED) is 0.900. The molecule has 1 saturated heterocycles. The zero-order valence-electron chi connectivity index (χ0n) is 12.9. The number of thiophene rings is 1. The third-order valence-electron chi connectivity index (χ3n) is 3.89. The van der Waals surface area contributed by atoms with E-state index in [2.05, 4.69) is 5.32 Å². The summed E-state index contributed by atoms with van der Waals surface area (Å²) in [6.07, 6.45) is 2.65. The largest absolute Gasteiger partial charge is 0.319 e. The summed E-state index contributed by atoms with van der Waals surface area (Å²) in [7, 11) is -3.71.